The van der Waals surface area contributed by atoms with Crippen LogP contribution in [0.3, 0.4) is 0 Å². The van der Waals surface area contributed by atoms with Crippen molar-refractivity contribution in [1.82, 2.24) is 4.98 Å². The van der Waals surface area contributed by atoms with Crippen LogP contribution in [-0.2, 0) is 12.8 Å². The number of aryl methyl sites for hydroxylation is 2. The fraction of sp³-hybridized carbons (Fsp3) is 0.238. The first-order chi connectivity index (χ1) is 11.3. The standard InChI is InChI=1S/C21H20N2/c1-15-11-12-20-18(13-15)21(17-9-5-6-10-19(17)23-20)22-14-16-7-3-2-4-8-16/h2-4,7-8,11-14H,5-6,9-10H2,1H3/b22-14+. The lowest BCUT2D eigenvalue weighted by Crippen LogP contribution is -2.06. The maximum absolute atomic E-state index is 4.90. The van der Waals surface area contributed by atoms with E-state index in [0.29, 0.717) is 0 Å². The number of aliphatic imine (C=N–C) groups is 1. The van der Waals surface area contributed by atoms with E-state index in [4.69, 9.17) is 9.98 Å². The smallest absolute Gasteiger partial charge is 0.0774 e. The highest BCUT2D eigenvalue weighted by Crippen LogP contribution is 2.35. The van der Waals surface area contributed by atoms with Gasteiger partial charge in [-0.1, -0.05) is 42.0 Å². The first-order valence-electron chi connectivity index (χ1n) is 8.32. The van der Waals surface area contributed by atoms with Crippen LogP contribution >= 0.6 is 0 Å². The molecule has 0 atom stereocenters. The highest BCUT2D eigenvalue weighted by Gasteiger charge is 2.17. The molecule has 0 N–H and O–H groups in total. The van der Waals surface area contributed by atoms with E-state index in [0.717, 1.165) is 29.6 Å². The first-order valence-corrected chi connectivity index (χ1v) is 8.32. The van der Waals surface area contributed by atoms with E-state index in [1.54, 1.807) is 0 Å². The number of fused-ring (bicyclic) bond motifs is 2. The van der Waals surface area contributed by atoms with Gasteiger partial charge in [-0.25, -0.2) is 0 Å². The van der Waals surface area contributed by atoms with Crippen molar-refractivity contribution in [2.24, 2.45) is 4.99 Å². The van der Waals surface area contributed by atoms with Gasteiger partial charge in [0.15, 0.2) is 0 Å². The zero-order chi connectivity index (χ0) is 15.6. The van der Waals surface area contributed by atoms with Gasteiger partial charge in [0, 0.05) is 17.3 Å². The summed E-state index contributed by atoms with van der Waals surface area (Å²) in [6, 6.07) is 16.8. The van der Waals surface area contributed by atoms with Gasteiger partial charge < -0.3 is 0 Å². The van der Waals surface area contributed by atoms with E-state index in [1.807, 2.05) is 24.4 Å². The Hall–Kier alpha value is -2.48. The quantitative estimate of drug-likeness (QED) is 0.599. The first kappa shape index (κ1) is 14.1. The van der Waals surface area contributed by atoms with Crippen LogP contribution in [0.15, 0.2) is 53.5 Å². The van der Waals surface area contributed by atoms with Crippen molar-refractivity contribution in [3.05, 3.63) is 70.9 Å². The molecule has 2 nitrogen and oxygen atoms in total. The normalized spacial score (nSPS) is 14.3. The zero-order valence-corrected chi connectivity index (χ0v) is 13.4. The lowest BCUT2D eigenvalue weighted by Gasteiger charge is -2.18. The summed E-state index contributed by atoms with van der Waals surface area (Å²) >= 11 is 0. The van der Waals surface area contributed by atoms with Gasteiger partial charge in [-0.05, 0) is 55.9 Å². The number of rotatable bonds is 2. The second kappa shape index (κ2) is 5.96. The van der Waals surface area contributed by atoms with Crippen LogP contribution in [0.1, 0.15) is 35.2 Å². The van der Waals surface area contributed by atoms with Crippen molar-refractivity contribution in [3.63, 3.8) is 0 Å². The van der Waals surface area contributed by atoms with Gasteiger partial charge in [0.25, 0.3) is 0 Å². The summed E-state index contributed by atoms with van der Waals surface area (Å²) < 4.78 is 0. The number of hydrogen-bond acceptors (Lipinski definition) is 2. The molecule has 1 aromatic heterocycles. The van der Waals surface area contributed by atoms with Crippen LogP contribution in [-0.4, -0.2) is 11.2 Å². The minimum Gasteiger partial charge on any atom is -0.255 e. The van der Waals surface area contributed by atoms with Crippen LogP contribution < -0.4 is 0 Å². The summed E-state index contributed by atoms with van der Waals surface area (Å²) in [6.45, 7) is 2.13. The average Bonchev–Trinajstić information content (AvgIpc) is 2.60. The number of hydrogen-bond donors (Lipinski definition) is 0. The molecule has 4 rings (SSSR count). The summed E-state index contributed by atoms with van der Waals surface area (Å²) in [5, 5.41) is 1.18. The molecule has 2 heteroatoms. The molecule has 1 aliphatic rings. The summed E-state index contributed by atoms with van der Waals surface area (Å²) in [6.07, 6.45) is 6.62. The topological polar surface area (TPSA) is 25.2 Å². The van der Waals surface area contributed by atoms with Gasteiger partial charge in [0.1, 0.15) is 0 Å². The molecular formula is C21H20N2. The number of benzene rings is 2. The molecule has 0 amide bonds. The van der Waals surface area contributed by atoms with Crippen LogP contribution in [0.25, 0.3) is 10.9 Å². The molecule has 0 unspecified atom stereocenters. The van der Waals surface area contributed by atoms with E-state index in [1.165, 1.54) is 35.0 Å². The van der Waals surface area contributed by atoms with Crippen LogP contribution in [0.4, 0.5) is 5.69 Å². The third-order valence-electron chi connectivity index (χ3n) is 4.53. The largest absolute Gasteiger partial charge is 0.255 e. The van der Waals surface area contributed by atoms with Crippen molar-refractivity contribution in [2.45, 2.75) is 32.6 Å². The third kappa shape index (κ3) is 2.77. The lowest BCUT2D eigenvalue weighted by atomic mass is 9.92. The Morgan fingerprint density at radius 2 is 1.83 bits per heavy atom. The van der Waals surface area contributed by atoms with Crippen molar-refractivity contribution in [3.8, 4) is 0 Å². The highest BCUT2D eigenvalue weighted by atomic mass is 14.8. The summed E-state index contributed by atoms with van der Waals surface area (Å²) in [4.78, 5) is 9.79. The minimum atomic E-state index is 1.07. The van der Waals surface area contributed by atoms with E-state index >= 15 is 0 Å². The SMILES string of the molecule is Cc1ccc2nc3c(c(/N=C/c4ccccc4)c2c1)CCCC3. The van der Waals surface area contributed by atoms with Crippen LogP contribution in [0.2, 0.25) is 0 Å². The summed E-state index contributed by atoms with van der Waals surface area (Å²) in [7, 11) is 0. The Labute approximate surface area is 136 Å². The van der Waals surface area contributed by atoms with Crippen molar-refractivity contribution in [2.75, 3.05) is 0 Å². The molecule has 0 radical (unpaired) electrons. The van der Waals surface area contributed by atoms with Crippen LogP contribution in [0.5, 0.6) is 0 Å². The number of nitrogens with zero attached hydrogens (tertiary/aromatic N) is 2. The molecule has 2 aromatic carbocycles. The molecule has 0 fully saturated rings. The minimum absolute atomic E-state index is 1.07. The van der Waals surface area contributed by atoms with E-state index in [2.05, 4.69) is 37.3 Å². The van der Waals surface area contributed by atoms with Gasteiger partial charge in [-0.3, -0.25) is 9.98 Å². The molecule has 0 saturated carbocycles. The van der Waals surface area contributed by atoms with Crippen molar-refractivity contribution >= 4 is 22.8 Å². The fourth-order valence-corrected chi connectivity index (χ4v) is 3.34. The molecule has 114 valence electrons. The molecule has 1 heterocycles. The predicted molar refractivity (Wildman–Crippen MR) is 96.8 cm³/mol. The number of aromatic nitrogens is 1. The molecule has 23 heavy (non-hydrogen) atoms. The molecule has 0 spiro atoms. The van der Waals surface area contributed by atoms with Gasteiger partial charge in [-0.2, -0.15) is 0 Å². The second-order valence-electron chi connectivity index (χ2n) is 6.28. The van der Waals surface area contributed by atoms with Crippen LogP contribution in [0, 0.1) is 6.92 Å². The average molecular weight is 300 g/mol. The summed E-state index contributed by atoms with van der Waals surface area (Å²) in [5.41, 5.74) is 7.17. The Bertz CT molecular complexity index is 879. The van der Waals surface area contributed by atoms with Gasteiger partial charge in [0.05, 0.1) is 11.2 Å². The van der Waals surface area contributed by atoms with E-state index in [-0.39, 0.29) is 0 Å². The third-order valence-corrected chi connectivity index (χ3v) is 4.53. The second-order valence-corrected chi connectivity index (χ2v) is 6.28. The molecular weight excluding hydrogens is 280 g/mol. The zero-order valence-electron chi connectivity index (χ0n) is 13.4. The Kier molecular flexibility index (Phi) is 3.66. The van der Waals surface area contributed by atoms with Gasteiger partial charge >= 0.3 is 0 Å². The molecule has 0 aliphatic heterocycles. The Balaban J connectivity index is 1.91. The monoisotopic (exact) mass is 300 g/mol. The molecule has 3 aromatic rings. The van der Waals surface area contributed by atoms with E-state index in [9.17, 15) is 0 Å². The Morgan fingerprint density at radius 3 is 2.70 bits per heavy atom. The van der Waals surface area contributed by atoms with Gasteiger partial charge in [-0.15, -0.1) is 0 Å². The van der Waals surface area contributed by atoms with Crippen molar-refractivity contribution < 1.29 is 0 Å². The molecule has 0 saturated heterocycles. The predicted octanol–water partition coefficient (Wildman–Crippen LogP) is 5.17. The summed E-state index contributed by atoms with van der Waals surface area (Å²) in [5.74, 6) is 0. The molecule has 1 aliphatic carbocycles. The lowest BCUT2D eigenvalue weighted by molar-refractivity contribution is 0.672. The number of pyridine rings is 1. The maximum Gasteiger partial charge on any atom is 0.0774 e. The van der Waals surface area contributed by atoms with Crippen molar-refractivity contribution in [1.29, 1.82) is 0 Å². The highest BCUT2D eigenvalue weighted by molar-refractivity contribution is 5.95. The van der Waals surface area contributed by atoms with Gasteiger partial charge in [0.2, 0.25) is 0 Å². The maximum atomic E-state index is 4.90. The van der Waals surface area contributed by atoms with E-state index < -0.39 is 0 Å². The Morgan fingerprint density at radius 1 is 1.00 bits per heavy atom. The fourth-order valence-electron chi connectivity index (χ4n) is 3.34. The molecule has 0 bridgehead atoms.